The molecule has 0 fully saturated rings. The second kappa shape index (κ2) is 19.3. The van der Waals surface area contributed by atoms with Gasteiger partial charge in [-0.2, -0.15) is 0 Å². The Kier molecular flexibility index (Phi) is 15.9. The Morgan fingerprint density at radius 1 is 0.781 bits per heavy atom. The predicted molar refractivity (Wildman–Crippen MR) is 136 cm³/mol. The van der Waals surface area contributed by atoms with Gasteiger partial charge in [0.1, 0.15) is 11.4 Å². The Balaban J connectivity index is 0.000000245. The second-order valence-corrected chi connectivity index (χ2v) is 6.78. The van der Waals surface area contributed by atoms with Crippen molar-refractivity contribution < 1.29 is 0 Å². The minimum atomic E-state index is 0.688. The molecule has 164 valence electrons. The maximum absolute atomic E-state index is 5.04. The molecule has 3 nitrogen and oxygen atoms in total. The molecular formula is C29H33N3. The third-order valence-corrected chi connectivity index (χ3v) is 4.05. The van der Waals surface area contributed by atoms with E-state index in [0.29, 0.717) is 5.69 Å². The van der Waals surface area contributed by atoms with E-state index in [0.717, 1.165) is 24.2 Å². The lowest BCUT2D eigenvalue weighted by atomic mass is 10.2. The fraction of sp³-hybridized carbons (Fsp3) is 0.276. The van der Waals surface area contributed by atoms with Crippen LogP contribution in [-0.2, 0) is 0 Å². The topological polar surface area (TPSA) is 38.7 Å². The van der Waals surface area contributed by atoms with Crippen molar-refractivity contribution in [2.75, 3.05) is 0 Å². The highest BCUT2D eigenvalue weighted by atomic mass is 14.7. The second-order valence-electron chi connectivity index (χ2n) is 6.78. The van der Waals surface area contributed by atoms with Crippen LogP contribution in [0.5, 0.6) is 0 Å². The van der Waals surface area contributed by atoms with Crippen LogP contribution >= 0.6 is 0 Å². The van der Waals surface area contributed by atoms with Crippen LogP contribution in [0.15, 0.2) is 79.3 Å². The first-order valence-electron chi connectivity index (χ1n) is 11.1. The summed E-state index contributed by atoms with van der Waals surface area (Å²) in [7, 11) is 0. The maximum Gasteiger partial charge on any atom is 0.113 e. The lowest BCUT2D eigenvalue weighted by molar-refractivity contribution is 0.816. The summed E-state index contributed by atoms with van der Waals surface area (Å²) in [6.07, 6.45) is 21.6. The highest BCUT2D eigenvalue weighted by Crippen LogP contribution is 2.00. The van der Waals surface area contributed by atoms with E-state index in [1.165, 1.54) is 25.7 Å². The summed E-state index contributed by atoms with van der Waals surface area (Å²) >= 11 is 0. The van der Waals surface area contributed by atoms with Gasteiger partial charge in [-0.15, -0.1) is 6.42 Å². The Morgan fingerprint density at radius 3 is 1.91 bits per heavy atom. The number of hydrogen-bond donors (Lipinski definition) is 0. The number of rotatable bonds is 6. The number of aromatic nitrogens is 3. The van der Waals surface area contributed by atoms with Crippen molar-refractivity contribution in [3.05, 3.63) is 96.3 Å². The standard InChI is InChI=1S/C11H15N.C11H13N.C7H5N/c2*1-2-3-4-5-8-11-9-6-7-10-12-11;1-2-7-5-3-4-6-8-7/h5-10H,2-4H2,1H3;6-7,9-10H,2-4H2,1H3;1,3-6H/b8-5+;;. The largest absolute Gasteiger partial charge is 0.257 e. The van der Waals surface area contributed by atoms with Crippen molar-refractivity contribution in [1.29, 1.82) is 0 Å². The van der Waals surface area contributed by atoms with Crippen LogP contribution in [0.4, 0.5) is 0 Å². The average molecular weight is 424 g/mol. The Bertz CT molecular complexity index is 947. The lowest BCUT2D eigenvalue weighted by Gasteiger charge is -1.90. The molecule has 0 bridgehead atoms. The molecule has 0 aromatic carbocycles. The zero-order chi connectivity index (χ0) is 23.1. The normalized spacial score (nSPS) is 9.28. The number of pyridine rings is 3. The first kappa shape index (κ1) is 26.3. The van der Waals surface area contributed by atoms with E-state index in [4.69, 9.17) is 6.42 Å². The van der Waals surface area contributed by atoms with E-state index in [9.17, 15) is 0 Å². The molecule has 0 amide bonds. The molecule has 0 aliphatic heterocycles. The van der Waals surface area contributed by atoms with Crippen LogP contribution in [0.1, 0.15) is 69.5 Å². The van der Waals surface area contributed by atoms with Crippen LogP contribution in [0.25, 0.3) is 6.08 Å². The smallest absolute Gasteiger partial charge is 0.113 e. The van der Waals surface area contributed by atoms with Gasteiger partial charge in [-0.25, -0.2) is 9.97 Å². The molecule has 0 aliphatic rings. The van der Waals surface area contributed by atoms with Crippen LogP contribution in [0.3, 0.4) is 0 Å². The fourth-order valence-corrected chi connectivity index (χ4v) is 2.30. The minimum absolute atomic E-state index is 0.688. The van der Waals surface area contributed by atoms with Gasteiger partial charge in [0.2, 0.25) is 0 Å². The van der Waals surface area contributed by atoms with Gasteiger partial charge < -0.3 is 0 Å². The van der Waals surface area contributed by atoms with Crippen molar-refractivity contribution in [3.63, 3.8) is 0 Å². The summed E-state index contributed by atoms with van der Waals surface area (Å²) in [6.45, 7) is 4.37. The van der Waals surface area contributed by atoms with Gasteiger partial charge in [0.05, 0.1) is 5.69 Å². The number of nitrogens with zero attached hydrogens (tertiary/aromatic N) is 3. The van der Waals surface area contributed by atoms with Crippen molar-refractivity contribution >= 4 is 6.08 Å². The van der Waals surface area contributed by atoms with E-state index >= 15 is 0 Å². The quantitative estimate of drug-likeness (QED) is 0.317. The van der Waals surface area contributed by atoms with Crippen molar-refractivity contribution in [2.24, 2.45) is 0 Å². The molecule has 0 saturated heterocycles. The first-order valence-corrected chi connectivity index (χ1v) is 11.1. The SMILES string of the molecule is C#Cc1ccccn1.CCCC/C=C/c1ccccn1.CCCCC#Cc1ccccn1. The third-order valence-electron chi connectivity index (χ3n) is 4.05. The lowest BCUT2D eigenvalue weighted by Crippen LogP contribution is -1.78. The van der Waals surface area contributed by atoms with Crippen LogP contribution in [-0.4, -0.2) is 15.0 Å². The van der Waals surface area contributed by atoms with Gasteiger partial charge in [-0.3, -0.25) is 4.98 Å². The van der Waals surface area contributed by atoms with Gasteiger partial charge >= 0.3 is 0 Å². The van der Waals surface area contributed by atoms with Crippen molar-refractivity contribution in [1.82, 2.24) is 15.0 Å². The molecule has 3 heterocycles. The first-order chi connectivity index (χ1) is 15.8. The van der Waals surface area contributed by atoms with Crippen LogP contribution in [0.2, 0.25) is 0 Å². The summed E-state index contributed by atoms with van der Waals surface area (Å²) < 4.78 is 0. The van der Waals surface area contributed by atoms with E-state index in [1.54, 1.807) is 18.5 Å². The molecule has 3 aromatic rings. The van der Waals surface area contributed by atoms with Crippen LogP contribution in [0, 0.1) is 24.2 Å². The molecule has 0 N–H and O–H groups in total. The van der Waals surface area contributed by atoms with E-state index in [1.807, 2.05) is 54.7 Å². The highest BCUT2D eigenvalue weighted by Gasteiger charge is 1.84. The van der Waals surface area contributed by atoms with Gasteiger partial charge in [0.25, 0.3) is 0 Å². The maximum atomic E-state index is 5.04. The molecular weight excluding hydrogens is 390 g/mol. The zero-order valence-corrected chi connectivity index (χ0v) is 19.2. The Morgan fingerprint density at radius 2 is 1.41 bits per heavy atom. The highest BCUT2D eigenvalue weighted by molar-refractivity contribution is 5.43. The molecule has 3 aromatic heterocycles. The fourth-order valence-electron chi connectivity index (χ4n) is 2.30. The molecule has 3 heteroatoms. The zero-order valence-electron chi connectivity index (χ0n) is 19.2. The molecule has 0 aliphatic carbocycles. The van der Waals surface area contributed by atoms with Gasteiger partial charge in [-0.05, 0) is 61.2 Å². The van der Waals surface area contributed by atoms with Gasteiger partial charge in [0, 0.05) is 25.0 Å². The summed E-state index contributed by atoms with van der Waals surface area (Å²) in [4.78, 5) is 12.2. The van der Waals surface area contributed by atoms with Crippen LogP contribution < -0.4 is 0 Å². The summed E-state index contributed by atoms with van der Waals surface area (Å²) in [5, 5.41) is 0. The molecule has 3 rings (SSSR count). The summed E-state index contributed by atoms with van der Waals surface area (Å²) in [6, 6.07) is 17.2. The van der Waals surface area contributed by atoms with Gasteiger partial charge in [0.15, 0.2) is 0 Å². The monoisotopic (exact) mass is 423 g/mol. The molecule has 0 spiro atoms. The van der Waals surface area contributed by atoms with E-state index in [-0.39, 0.29) is 0 Å². The molecule has 0 saturated carbocycles. The van der Waals surface area contributed by atoms with Crippen molar-refractivity contribution in [3.8, 4) is 24.2 Å². The predicted octanol–water partition coefficient (Wildman–Crippen LogP) is 6.97. The molecule has 0 atom stereocenters. The molecule has 0 radical (unpaired) electrons. The number of terminal acetylenes is 1. The number of allylic oxidation sites excluding steroid dienone is 1. The Labute approximate surface area is 194 Å². The summed E-state index contributed by atoms with van der Waals surface area (Å²) in [5.74, 6) is 8.52. The Hall–Kier alpha value is -3.69. The van der Waals surface area contributed by atoms with E-state index in [2.05, 4.69) is 58.7 Å². The third kappa shape index (κ3) is 14.3. The van der Waals surface area contributed by atoms with Crippen molar-refractivity contribution in [2.45, 2.75) is 52.4 Å². The van der Waals surface area contributed by atoms with Gasteiger partial charge in [-0.1, -0.05) is 69.2 Å². The molecule has 32 heavy (non-hydrogen) atoms. The average Bonchev–Trinajstić information content (AvgIpc) is 2.87. The molecule has 0 unspecified atom stereocenters. The minimum Gasteiger partial charge on any atom is -0.257 e. The number of unbranched alkanes of at least 4 members (excludes halogenated alkanes) is 4. The summed E-state index contributed by atoms with van der Waals surface area (Å²) in [5.41, 5.74) is 2.61. The number of hydrogen-bond acceptors (Lipinski definition) is 3. The van der Waals surface area contributed by atoms with E-state index < -0.39 is 0 Å².